The first-order valence-corrected chi connectivity index (χ1v) is 3.93. The van der Waals surface area contributed by atoms with Gasteiger partial charge in [-0.2, -0.15) is 0 Å². The first-order valence-electron chi connectivity index (χ1n) is 3.93. The van der Waals surface area contributed by atoms with Gasteiger partial charge in [0.2, 0.25) is 0 Å². The molecule has 0 fully saturated rings. The van der Waals surface area contributed by atoms with Crippen LogP contribution in [-0.2, 0) is 0 Å². The van der Waals surface area contributed by atoms with E-state index in [1.165, 1.54) is 0 Å². The molecule has 0 saturated heterocycles. The van der Waals surface area contributed by atoms with E-state index < -0.39 is 0 Å². The third kappa shape index (κ3) is 2.13. The zero-order chi connectivity index (χ0) is 8.36. The largest absolute Gasteiger partial charge is 0.313 e. The minimum atomic E-state index is 0.0637. The molecule has 0 saturated carbocycles. The molecule has 0 spiro atoms. The van der Waals surface area contributed by atoms with Crippen molar-refractivity contribution in [3.63, 3.8) is 0 Å². The molecule has 0 aromatic carbocycles. The highest BCUT2D eigenvalue weighted by molar-refractivity contribution is 5.61. The van der Waals surface area contributed by atoms with E-state index in [0.29, 0.717) is 11.8 Å². The van der Waals surface area contributed by atoms with Crippen LogP contribution < -0.4 is 0 Å². The lowest BCUT2D eigenvalue weighted by Gasteiger charge is -2.30. The summed E-state index contributed by atoms with van der Waals surface area (Å²) in [5.41, 5.74) is 0.0637. The summed E-state index contributed by atoms with van der Waals surface area (Å²) in [4.78, 5) is 0. The fraction of sp³-hybridized carbons (Fsp3) is 0.889. The summed E-state index contributed by atoms with van der Waals surface area (Å²) in [6.45, 7) is 10.8. The lowest BCUT2D eigenvalue weighted by Crippen LogP contribution is -2.26. The van der Waals surface area contributed by atoms with E-state index in [2.05, 4.69) is 34.6 Å². The van der Waals surface area contributed by atoms with Crippen LogP contribution in [0.4, 0.5) is 0 Å². The van der Waals surface area contributed by atoms with Gasteiger partial charge in [0, 0.05) is 11.6 Å². The summed E-state index contributed by atoms with van der Waals surface area (Å²) in [5.74, 6) is 1.25. The molecule has 1 heteroatoms. The van der Waals surface area contributed by atoms with E-state index in [9.17, 15) is 0 Å². The monoisotopic (exact) mass is 141 g/mol. The molecular formula is C9H19N. The van der Waals surface area contributed by atoms with Crippen LogP contribution in [0.1, 0.15) is 34.6 Å². The smallest absolute Gasteiger partial charge is 0.00211 e. The highest BCUT2D eigenvalue weighted by Gasteiger charge is 2.25. The molecular weight excluding hydrogens is 122 g/mol. The third-order valence-electron chi connectivity index (χ3n) is 2.55. The Morgan fingerprint density at radius 2 is 1.60 bits per heavy atom. The summed E-state index contributed by atoms with van der Waals surface area (Å²) >= 11 is 0. The summed E-state index contributed by atoms with van der Waals surface area (Å²) in [5, 5.41) is 7.20. The standard InChI is InChI=1S/C9H19N/c1-7(2)8(3)9(4,5)6-10/h6-8,10H,1-5H3/t8-/m1/s1. The van der Waals surface area contributed by atoms with Crippen LogP contribution in [-0.4, -0.2) is 6.21 Å². The van der Waals surface area contributed by atoms with E-state index in [1.807, 2.05) is 0 Å². The molecule has 0 amide bonds. The average molecular weight is 141 g/mol. The van der Waals surface area contributed by atoms with Crippen LogP contribution in [0, 0.1) is 22.7 Å². The Morgan fingerprint density at radius 3 is 1.70 bits per heavy atom. The van der Waals surface area contributed by atoms with Crippen LogP contribution in [0.3, 0.4) is 0 Å². The molecule has 0 aliphatic heterocycles. The van der Waals surface area contributed by atoms with Crippen LogP contribution in [0.2, 0.25) is 0 Å². The van der Waals surface area contributed by atoms with Crippen molar-refractivity contribution in [1.29, 1.82) is 5.41 Å². The molecule has 0 bridgehead atoms. The number of nitrogens with one attached hydrogen (secondary N) is 1. The molecule has 0 heterocycles. The van der Waals surface area contributed by atoms with Crippen LogP contribution in [0.25, 0.3) is 0 Å². The van der Waals surface area contributed by atoms with Crippen molar-refractivity contribution in [2.75, 3.05) is 0 Å². The molecule has 1 nitrogen and oxygen atoms in total. The highest BCUT2D eigenvalue weighted by Crippen LogP contribution is 2.29. The van der Waals surface area contributed by atoms with E-state index in [0.717, 1.165) is 0 Å². The number of hydrogen-bond acceptors (Lipinski definition) is 1. The van der Waals surface area contributed by atoms with E-state index in [1.54, 1.807) is 6.21 Å². The normalized spacial score (nSPS) is 15.4. The minimum Gasteiger partial charge on any atom is -0.313 e. The first-order chi connectivity index (χ1) is 4.41. The van der Waals surface area contributed by atoms with Gasteiger partial charge in [0.1, 0.15) is 0 Å². The fourth-order valence-electron chi connectivity index (χ4n) is 0.991. The Balaban J connectivity index is 4.17. The van der Waals surface area contributed by atoms with E-state index in [-0.39, 0.29) is 5.41 Å². The molecule has 0 aliphatic rings. The van der Waals surface area contributed by atoms with Gasteiger partial charge in [0.15, 0.2) is 0 Å². The van der Waals surface area contributed by atoms with Crippen molar-refractivity contribution < 1.29 is 0 Å². The van der Waals surface area contributed by atoms with Crippen molar-refractivity contribution in [3.05, 3.63) is 0 Å². The van der Waals surface area contributed by atoms with Gasteiger partial charge >= 0.3 is 0 Å². The summed E-state index contributed by atoms with van der Waals surface area (Å²) in [7, 11) is 0. The second kappa shape index (κ2) is 3.18. The van der Waals surface area contributed by atoms with Gasteiger partial charge in [-0.05, 0) is 11.8 Å². The van der Waals surface area contributed by atoms with Gasteiger partial charge < -0.3 is 5.41 Å². The van der Waals surface area contributed by atoms with E-state index in [4.69, 9.17) is 5.41 Å². The Kier molecular flexibility index (Phi) is 3.07. The maximum atomic E-state index is 7.20. The maximum Gasteiger partial charge on any atom is 0.00211 e. The third-order valence-corrected chi connectivity index (χ3v) is 2.55. The average Bonchev–Trinajstić information content (AvgIpc) is 1.86. The molecule has 0 radical (unpaired) electrons. The molecule has 1 atom stereocenters. The van der Waals surface area contributed by atoms with E-state index >= 15 is 0 Å². The molecule has 0 unspecified atom stereocenters. The quantitative estimate of drug-likeness (QED) is 0.584. The zero-order valence-electron chi connectivity index (χ0n) is 7.73. The number of hydrogen-bond donors (Lipinski definition) is 1. The van der Waals surface area contributed by atoms with Crippen molar-refractivity contribution in [2.24, 2.45) is 17.3 Å². The Bertz CT molecular complexity index is 114. The summed E-state index contributed by atoms with van der Waals surface area (Å²) in [6.07, 6.45) is 1.55. The Morgan fingerprint density at radius 1 is 1.20 bits per heavy atom. The second-order valence-corrected chi connectivity index (χ2v) is 4.00. The highest BCUT2D eigenvalue weighted by atomic mass is 14.4. The summed E-state index contributed by atoms with van der Waals surface area (Å²) < 4.78 is 0. The predicted octanol–water partition coefficient (Wildman–Crippen LogP) is 2.95. The molecule has 10 heavy (non-hydrogen) atoms. The van der Waals surface area contributed by atoms with Gasteiger partial charge in [-0.15, -0.1) is 0 Å². The Labute approximate surface area is 64.3 Å². The van der Waals surface area contributed by atoms with Gasteiger partial charge in [0.25, 0.3) is 0 Å². The fourth-order valence-corrected chi connectivity index (χ4v) is 0.991. The van der Waals surface area contributed by atoms with Crippen LogP contribution in [0.5, 0.6) is 0 Å². The van der Waals surface area contributed by atoms with Gasteiger partial charge in [-0.25, -0.2) is 0 Å². The van der Waals surface area contributed by atoms with Crippen LogP contribution >= 0.6 is 0 Å². The molecule has 1 N–H and O–H groups in total. The first kappa shape index (κ1) is 9.67. The number of rotatable bonds is 3. The summed E-state index contributed by atoms with van der Waals surface area (Å²) in [6, 6.07) is 0. The van der Waals surface area contributed by atoms with Crippen molar-refractivity contribution in [1.82, 2.24) is 0 Å². The van der Waals surface area contributed by atoms with Gasteiger partial charge in [-0.3, -0.25) is 0 Å². The SMILES string of the molecule is CC(C)[C@@H](C)C(C)(C)C=N. The van der Waals surface area contributed by atoms with Crippen molar-refractivity contribution in [3.8, 4) is 0 Å². The molecule has 0 aromatic heterocycles. The molecule has 0 aliphatic carbocycles. The van der Waals surface area contributed by atoms with Crippen molar-refractivity contribution in [2.45, 2.75) is 34.6 Å². The predicted molar refractivity (Wildman–Crippen MR) is 46.6 cm³/mol. The molecule has 0 aromatic rings. The molecule has 60 valence electrons. The lowest BCUT2D eigenvalue weighted by molar-refractivity contribution is 0.261. The minimum absolute atomic E-state index is 0.0637. The maximum absolute atomic E-state index is 7.20. The second-order valence-electron chi connectivity index (χ2n) is 4.00. The molecule has 0 rings (SSSR count). The Hall–Kier alpha value is -0.330. The zero-order valence-corrected chi connectivity index (χ0v) is 7.73. The van der Waals surface area contributed by atoms with Crippen molar-refractivity contribution >= 4 is 6.21 Å². The van der Waals surface area contributed by atoms with Gasteiger partial charge in [0.05, 0.1) is 0 Å². The lowest BCUT2D eigenvalue weighted by atomic mass is 9.75. The van der Waals surface area contributed by atoms with Gasteiger partial charge in [-0.1, -0.05) is 34.6 Å². The topological polar surface area (TPSA) is 23.9 Å². The van der Waals surface area contributed by atoms with Crippen LogP contribution in [0.15, 0.2) is 0 Å².